The summed E-state index contributed by atoms with van der Waals surface area (Å²) in [7, 11) is 0. The van der Waals surface area contributed by atoms with Crippen molar-refractivity contribution in [3.63, 3.8) is 0 Å². The van der Waals surface area contributed by atoms with Gasteiger partial charge in [0, 0.05) is 5.41 Å². The van der Waals surface area contributed by atoms with Crippen LogP contribution < -0.4 is 0 Å². The quantitative estimate of drug-likeness (QED) is 0.194. The van der Waals surface area contributed by atoms with Gasteiger partial charge in [-0.3, -0.25) is 0 Å². The second-order valence-electron chi connectivity index (χ2n) is 16.3. The number of ether oxygens (including phenoxy) is 3. The van der Waals surface area contributed by atoms with E-state index in [1.165, 1.54) is 44.9 Å². The van der Waals surface area contributed by atoms with E-state index in [1.54, 1.807) is 0 Å². The Hall–Kier alpha value is -2.66. The van der Waals surface area contributed by atoms with Crippen LogP contribution in [0.4, 0.5) is 0 Å². The minimum absolute atomic E-state index is 0.0477. The van der Waals surface area contributed by atoms with E-state index in [0.29, 0.717) is 47.0 Å². The molecule has 5 heteroatoms. The zero-order valence-electron chi connectivity index (χ0n) is 28.4. The first-order valence-electron chi connectivity index (χ1n) is 18.3. The maximum Gasteiger partial charge on any atom is 0.338 e. The van der Waals surface area contributed by atoms with Crippen molar-refractivity contribution in [1.82, 2.24) is 0 Å². The number of fused-ring (bicyclic) bond motifs is 7. The number of hydrogen-bond donors (Lipinski definition) is 0. The van der Waals surface area contributed by atoms with Gasteiger partial charge in [0.15, 0.2) is 0 Å². The van der Waals surface area contributed by atoms with Gasteiger partial charge in [-0.15, -0.1) is 0 Å². The van der Waals surface area contributed by atoms with Gasteiger partial charge in [-0.1, -0.05) is 70.5 Å². The normalized spacial score (nSPS) is 38.7. The monoisotopic (exact) mass is 626 g/mol. The van der Waals surface area contributed by atoms with Crippen molar-refractivity contribution in [2.24, 2.45) is 46.3 Å². The van der Waals surface area contributed by atoms with E-state index in [2.05, 4.69) is 27.7 Å². The van der Waals surface area contributed by atoms with Crippen LogP contribution in [0.25, 0.3) is 0 Å². The Balaban J connectivity index is 0.926. The average molecular weight is 627 g/mol. The summed E-state index contributed by atoms with van der Waals surface area (Å²) < 4.78 is 18.4. The Morgan fingerprint density at radius 1 is 0.826 bits per heavy atom. The van der Waals surface area contributed by atoms with Gasteiger partial charge in [0.1, 0.15) is 11.7 Å². The van der Waals surface area contributed by atoms with Crippen molar-refractivity contribution in [2.45, 2.75) is 116 Å². The van der Waals surface area contributed by atoms with E-state index >= 15 is 0 Å². The van der Waals surface area contributed by atoms with Gasteiger partial charge in [-0.25, -0.2) is 9.59 Å². The maximum atomic E-state index is 12.8. The van der Waals surface area contributed by atoms with Gasteiger partial charge in [0.2, 0.25) is 0 Å². The van der Waals surface area contributed by atoms with E-state index in [-0.39, 0.29) is 29.1 Å². The highest BCUT2D eigenvalue weighted by Crippen LogP contribution is 2.75. The summed E-state index contributed by atoms with van der Waals surface area (Å²) in [5, 5.41) is 0. The third-order valence-electron chi connectivity index (χ3n) is 14.0. The van der Waals surface area contributed by atoms with Crippen LogP contribution in [0.2, 0.25) is 0 Å². The van der Waals surface area contributed by atoms with Gasteiger partial charge in [0.05, 0.1) is 23.8 Å². The molecule has 0 N–H and O–H groups in total. The van der Waals surface area contributed by atoms with Crippen molar-refractivity contribution in [3.8, 4) is 0 Å². The topological polar surface area (TPSA) is 65.1 Å². The molecule has 5 nitrogen and oxygen atoms in total. The lowest BCUT2D eigenvalue weighted by atomic mass is 9.44. The molecule has 0 spiro atoms. The van der Waals surface area contributed by atoms with Gasteiger partial charge in [0.25, 0.3) is 0 Å². The average Bonchev–Trinajstić information content (AvgIpc) is 3.75. The molecule has 11 atom stereocenters. The highest BCUT2D eigenvalue weighted by molar-refractivity contribution is 5.89. The summed E-state index contributed by atoms with van der Waals surface area (Å²) in [5.74, 6) is 3.49. The van der Waals surface area contributed by atoms with E-state index in [4.69, 9.17) is 14.2 Å². The van der Waals surface area contributed by atoms with Crippen LogP contribution in [0.15, 0.2) is 60.7 Å². The summed E-state index contributed by atoms with van der Waals surface area (Å²) >= 11 is 0. The molecule has 46 heavy (non-hydrogen) atoms. The summed E-state index contributed by atoms with van der Waals surface area (Å²) in [6, 6.07) is 18.8. The highest BCUT2D eigenvalue weighted by atomic mass is 16.6. The number of carbonyl (C=O) groups is 2. The van der Waals surface area contributed by atoms with Gasteiger partial charge in [-0.05, 0) is 129 Å². The van der Waals surface area contributed by atoms with Crippen molar-refractivity contribution >= 4 is 11.9 Å². The molecule has 2 aromatic carbocycles. The predicted molar refractivity (Wildman–Crippen MR) is 179 cm³/mol. The Bertz CT molecular complexity index is 1390. The van der Waals surface area contributed by atoms with Crippen LogP contribution in [0.5, 0.6) is 0 Å². The highest BCUT2D eigenvalue weighted by Gasteiger charge is 2.78. The molecule has 4 saturated carbocycles. The predicted octanol–water partition coefficient (Wildman–Crippen LogP) is 9.30. The summed E-state index contributed by atoms with van der Waals surface area (Å²) in [6.07, 6.45) is 13.5. The first-order valence-corrected chi connectivity index (χ1v) is 18.3. The first kappa shape index (κ1) is 31.9. The van der Waals surface area contributed by atoms with Crippen LogP contribution in [0, 0.1) is 46.3 Å². The number of epoxide rings is 1. The molecule has 5 fully saturated rings. The molecule has 0 aromatic heterocycles. The number of carbonyl (C=O) groups excluding carboxylic acids is 2. The summed E-state index contributed by atoms with van der Waals surface area (Å²) in [5.41, 5.74) is 1.95. The van der Waals surface area contributed by atoms with Crippen LogP contribution in [0.1, 0.15) is 119 Å². The van der Waals surface area contributed by atoms with Crippen LogP contribution in [-0.4, -0.2) is 36.4 Å². The van der Waals surface area contributed by atoms with Crippen LogP contribution >= 0.6 is 0 Å². The molecular formula is C41H54O5. The molecule has 0 radical (unpaired) electrons. The van der Waals surface area contributed by atoms with Gasteiger partial charge >= 0.3 is 11.9 Å². The van der Waals surface area contributed by atoms with Crippen molar-refractivity contribution in [1.29, 1.82) is 0 Å². The second kappa shape index (κ2) is 12.4. The van der Waals surface area contributed by atoms with E-state index < -0.39 is 0 Å². The van der Waals surface area contributed by atoms with Gasteiger partial charge < -0.3 is 14.2 Å². The summed E-state index contributed by atoms with van der Waals surface area (Å²) in [6.45, 7) is 10.3. The Kier molecular flexibility index (Phi) is 8.61. The number of esters is 2. The zero-order chi connectivity index (χ0) is 32.1. The third-order valence-corrected chi connectivity index (χ3v) is 14.0. The second-order valence-corrected chi connectivity index (χ2v) is 16.3. The molecule has 0 amide bonds. The van der Waals surface area contributed by atoms with Crippen LogP contribution in [-0.2, 0) is 14.2 Å². The molecule has 0 unspecified atom stereocenters. The lowest BCUT2D eigenvalue weighted by molar-refractivity contribution is -0.147. The fourth-order valence-corrected chi connectivity index (χ4v) is 11.5. The number of benzene rings is 2. The minimum atomic E-state index is -0.225. The van der Waals surface area contributed by atoms with E-state index in [1.807, 2.05) is 60.7 Å². The largest absolute Gasteiger partial charge is 0.462 e. The lowest BCUT2D eigenvalue weighted by Crippen LogP contribution is -2.56. The molecule has 1 saturated heterocycles. The SMILES string of the molecule is C[C@H](CCC[C@@H](C)[C@@]12O[C@@H]1C[C@H]1[C@@H]3CC[C@H]4C[C@@H](OC(=O)c5ccccc5)CC[C@]4(C)[C@H]3CC[C@@]12C)COC(=O)c1ccccc1. The molecule has 0 bridgehead atoms. The zero-order valence-corrected chi connectivity index (χ0v) is 28.4. The van der Waals surface area contributed by atoms with E-state index in [0.717, 1.165) is 43.4 Å². The molecule has 7 rings (SSSR count). The van der Waals surface area contributed by atoms with Crippen molar-refractivity contribution < 1.29 is 23.8 Å². The Labute approximate surface area is 276 Å². The third kappa shape index (κ3) is 5.43. The molecule has 1 heterocycles. The number of hydrogen-bond acceptors (Lipinski definition) is 5. The molecule has 248 valence electrons. The molecule has 1 aliphatic heterocycles. The molecule has 4 aliphatic carbocycles. The smallest absolute Gasteiger partial charge is 0.338 e. The van der Waals surface area contributed by atoms with E-state index in [9.17, 15) is 9.59 Å². The molecular weight excluding hydrogens is 572 g/mol. The fourth-order valence-electron chi connectivity index (χ4n) is 11.5. The lowest BCUT2D eigenvalue weighted by Gasteiger charge is -2.61. The fraction of sp³-hybridized carbons (Fsp3) is 0.659. The standard InChI is InChI=1S/C41H54O5/c1-27(26-44-37(42)29-14-7-5-8-15-29)12-11-13-28(2)41-36(46-41)25-35-33-19-18-31-24-32(45-38(43)30-16-9-6-10-17-30)20-22-39(31,3)34(33)21-23-40(35,41)4/h5-10,14-17,27-28,31-36H,11-13,18-26H2,1-4H3/t27-,28-,31+,32+,33-,34+,35+,36-,39+,40+,41-/m1/s1. The maximum absolute atomic E-state index is 12.8. The first-order chi connectivity index (χ1) is 22.2. The Morgan fingerprint density at radius 3 is 2.24 bits per heavy atom. The number of rotatable bonds is 10. The minimum Gasteiger partial charge on any atom is -0.462 e. The van der Waals surface area contributed by atoms with Crippen LogP contribution in [0.3, 0.4) is 0 Å². The summed E-state index contributed by atoms with van der Waals surface area (Å²) in [4.78, 5) is 25.2. The van der Waals surface area contributed by atoms with Gasteiger partial charge in [-0.2, -0.15) is 0 Å². The molecule has 5 aliphatic rings. The Morgan fingerprint density at radius 2 is 1.52 bits per heavy atom. The van der Waals surface area contributed by atoms with Crippen molar-refractivity contribution in [3.05, 3.63) is 71.8 Å². The molecule has 2 aromatic rings. The van der Waals surface area contributed by atoms with Crippen molar-refractivity contribution in [2.75, 3.05) is 6.61 Å².